The van der Waals surface area contributed by atoms with Gasteiger partial charge in [-0.2, -0.15) is 4.98 Å². The Balaban J connectivity index is 0.00000133. The Kier molecular flexibility index (Phi) is 4.66. The number of hydrogen-bond donors (Lipinski definition) is 1. The maximum absolute atomic E-state index is 6.30. The van der Waals surface area contributed by atoms with Gasteiger partial charge in [-0.15, -0.1) is 23.7 Å². The quantitative estimate of drug-likeness (QED) is 0.903. The van der Waals surface area contributed by atoms with Crippen LogP contribution >= 0.6 is 39.7 Å². The molecule has 1 aliphatic carbocycles. The second-order valence-corrected chi connectivity index (χ2v) is 7.31. The number of rotatable bonds is 3. The lowest BCUT2D eigenvalue weighted by atomic mass is 9.99. The molecule has 0 saturated heterocycles. The van der Waals surface area contributed by atoms with Gasteiger partial charge in [-0.25, -0.2) is 0 Å². The topological polar surface area (TPSA) is 64.9 Å². The first-order valence-electron chi connectivity index (χ1n) is 6.02. The predicted octanol–water partition coefficient (Wildman–Crippen LogP) is 3.63. The molecule has 1 aliphatic rings. The molecule has 2 aromatic heterocycles. The molecule has 0 aliphatic heterocycles. The van der Waals surface area contributed by atoms with Crippen LogP contribution in [0.2, 0.25) is 0 Å². The van der Waals surface area contributed by atoms with Gasteiger partial charge in [0.2, 0.25) is 5.89 Å². The van der Waals surface area contributed by atoms with Crippen molar-refractivity contribution in [1.29, 1.82) is 0 Å². The van der Waals surface area contributed by atoms with Crippen LogP contribution < -0.4 is 5.73 Å². The van der Waals surface area contributed by atoms with Crippen LogP contribution in [-0.2, 0) is 12.0 Å². The standard InChI is InChI=1S/C12H14BrN3OS.ClH/c13-9-4-3-8(18-9)7-10-15-11(16-17-10)12(14)5-1-2-6-12;/h3-4H,1-2,5-7,14H2;1H. The Morgan fingerprint density at radius 3 is 2.74 bits per heavy atom. The van der Waals surface area contributed by atoms with Crippen molar-refractivity contribution >= 4 is 39.7 Å². The van der Waals surface area contributed by atoms with Gasteiger partial charge in [0.1, 0.15) is 0 Å². The number of aromatic nitrogens is 2. The number of nitrogens with two attached hydrogens (primary N) is 1. The molecule has 1 fully saturated rings. The number of hydrogen-bond acceptors (Lipinski definition) is 5. The average molecular weight is 365 g/mol. The van der Waals surface area contributed by atoms with Gasteiger partial charge in [-0.3, -0.25) is 0 Å². The minimum absolute atomic E-state index is 0. The molecular formula is C12H15BrClN3OS. The normalized spacial score (nSPS) is 17.4. The maximum Gasteiger partial charge on any atom is 0.231 e. The Labute approximate surface area is 130 Å². The zero-order valence-electron chi connectivity index (χ0n) is 10.3. The summed E-state index contributed by atoms with van der Waals surface area (Å²) in [7, 11) is 0. The number of halogens is 2. The third-order valence-corrected chi connectivity index (χ3v) is 4.99. The van der Waals surface area contributed by atoms with Gasteiger partial charge >= 0.3 is 0 Å². The van der Waals surface area contributed by atoms with E-state index in [0.29, 0.717) is 18.1 Å². The van der Waals surface area contributed by atoms with Gasteiger partial charge in [-0.05, 0) is 40.9 Å². The Hall–Kier alpha value is -0.430. The van der Waals surface area contributed by atoms with Crippen LogP contribution in [0.3, 0.4) is 0 Å². The van der Waals surface area contributed by atoms with Crippen LogP contribution in [0, 0.1) is 0 Å². The number of thiophene rings is 1. The highest BCUT2D eigenvalue weighted by atomic mass is 79.9. The molecule has 2 aromatic rings. The molecule has 2 N–H and O–H groups in total. The van der Waals surface area contributed by atoms with E-state index in [-0.39, 0.29) is 17.9 Å². The van der Waals surface area contributed by atoms with Crippen LogP contribution in [-0.4, -0.2) is 10.1 Å². The van der Waals surface area contributed by atoms with E-state index in [9.17, 15) is 0 Å². The number of nitrogens with zero attached hydrogens (tertiary/aromatic N) is 2. The van der Waals surface area contributed by atoms with E-state index >= 15 is 0 Å². The molecule has 0 amide bonds. The minimum Gasteiger partial charge on any atom is -0.339 e. The summed E-state index contributed by atoms with van der Waals surface area (Å²) in [6, 6.07) is 4.09. The largest absolute Gasteiger partial charge is 0.339 e. The fraction of sp³-hybridized carbons (Fsp3) is 0.500. The first-order valence-corrected chi connectivity index (χ1v) is 7.63. The van der Waals surface area contributed by atoms with E-state index in [4.69, 9.17) is 10.3 Å². The summed E-state index contributed by atoms with van der Waals surface area (Å²) >= 11 is 5.13. The van der Waals surface area contributed by atoms with E-state index in [1.165, 1.54) is 4.88 Å². The van der Waals surface area contributed by atoms with Gasteiger partial charge in [0, 0.05) is 4.88 Å². The Bertz CT molecular complexity index is 551. The summed E-state index contributed by atoms with van der Waals surface area (Å²) in [4.78, 5) is 5.66. The van der Waals surface area contributed by atoms with E-state index in [2.05, 4.69) is 32.1 Å². The lowest BCUT2D eigenvalue weighted by molar-refractivity contribution is 0.352. The van der Waals surface area contributed by atoms with Gasteiger partial charge in [0.05, 0.1) is 15.7 Å². The van der Waals surface area contributed by atoms with Crippen molar-refractivity contribution in [3.8, 4) is 0 Å². The van der Waals surface area contributed by atoms with Crippen molar-refractivity contribution in [3.05, 3.63) is 32.5 Å². The minimum atomic E-state index is -0.363. The van der Waals surface area contributed by atoms with Crippen molar-refractivity contribution in [2.45, 2.75) is 37.6 Å². The monoisotopic (exact) mass is 363 g/mol. The van der Waals surface area contributed by atoms with Crippen LogP contribution in [0.5, 0.6) is 0 Å². The third kappa shape index (κ3) is 3.18. The Morgan fingerprint density at radius 2 is 2.11 bits per heavy atom. The highest BCUT2D eigenvalue weighted by Gasteiger charge is 2.35. The summed E-state index contributed by atoms with van der Waals surface area (Å²) in [6.07, 6.45) is 4.89. The second-order valence-electron chi connectivity index (χ2n) is 4.76. The highest BCUT2D eigenvalue weighted by Crippen LogP contribution is 2.34. The van der Waals surface area contributed by atoms with Gasteiger partial charge in [0.15, 0.2) is 5.82 Å². The molecule has 104 valence electrons. The average Bonchev–Trinajstić information content (AvgIpc) is 3.02. The highest BCUT2D eigenvalue weighted by molar-refractivity contribution is 9.11. The predicted molar refractivity (Wildman–Crippen MR) is 80.7 cm³/mol. The molecule has 19 heavy (non-hydrogen) atoms. The van der Waals surface area contributed by atoms with E-state index in [1.54, 1.807) is 11.3 Å². The van der Waals surface area contributed by atoms with Crippen molar-refractivity contribution in [2.75, 3.05) is 0 Å². The van der Waals surface area contributed by atoms with E-state index in [1.807, 2.05) is 6.07 Å². The molecule has 0 bridgehead atoms. The first-order chi connectivity index (χ1) is 8.66. The summed E-state index contributed by atoms with van der Waals surface area (Å²) in [5.41, 5.74) is 5.94. The lowest BCUT2D eigenvalue weighted by Crippen LogP contribution is -2.34. The molecule has 0 atom stereocenters. The van der Waals surface area contributed by atoms with Crippen molar-refractivity contribution in [1.82, 2.24) is 10.1 Å². The van der Waals surface area contributed by atoms with Gasteiger partial charge < -0.3 is 10.3 Å². The molecule has 1 saturated carbocycles. The molecule has 7 heteroatoms. The van der Waals surface area contributed by atoms with Crippen molar-refractivity contribution in [3.63, 3.8) is 0 Å². The zero-order chi connectivity index (χ0) is 12.6. The molecule has 3 rings (SSSR count). The maximum atomic E-state index is 6.30. The molecule has 0 aromatic carbocycles. The van der Waals surface area contributed by atoms with Gasteiger partial charge in [-0.1, -0.05) is 18.0 Å². The van der Waals surface area contributed by atoms with Crippen LogP contribution in [0.1, 0.15) is 42.3 Å². The molecule has 4 nitrogen and oxygen atoms in total. The zero-order valence-corrected chi connectivity index (χ0v) is 13.5. The van der Waals surface area contributed by atoms with E-state index < -0.39 is 0 Å². The molecular weight excluding hydrogens is 350 g/mol. The fourth-order valence-corrected chi connectivity index (χ4v) is 3.83. The molecule has 0 spiro atoms. The molecule has 0 unspecified atom stereocenters. The molecule has 2 heterocycles. The van der Waals surface area contributed by atoms with Crippen molar-refractivity contribution in [2.24, 2.45) is 5.73 Å². The summed E-state index contributed by atoms with van der Waals surface area (Å²) in [5, 5.41) is 4.05. The first kappa shape index (κ1) is 15.0. The smallest absolute Gasteiger partial charge is 0.231 e. The van der Waals surface area contributed by atoms with Crippen LogP contribution in [0.25, 0.3) is 0 Å². The van der Waals surface area contributed by atoms with Gasteiger partial charge in [0.25, 0.3) is 0 Å². The van der Waals surface area contributed by atoms with Crippen molar-refractivity contribution < 1.29 is 4.52 Å². The molecule has 0 radical (unpaired) electrons. The van der Waals surface area contributed by atoms with E-state index in [0.717, 1.165) is 29.5 Å². The summed E-state index contributed by atoms with van der Waals surface area (Å²) < 4.78 is 6.42. The lowest BCUT2D eigenvalue weighted by Gasteiger charge is -2.17. The summed E-state index contributed by atoms with van der Waals surface area (Å²) in [5.74, 6) is 1.32. The SMILES string of the molecule is Cl.NC1(c2noc(Cc3ccc(Br)s3)n2)CCCC1. The second kappa shape index (κ2) is 5.91. The van der Waals surface area contributed by atoms with Crippen LogP contribution in [0.4, 0.5) is 0 Å². The third-order valence-electron chi connectivity index (χ3n) is 3.36. The Morgan fingerprint density at radius 1 is 1.37 bits per heavy atom. The fourth-order valence-electron chi connectivity index (χ4n) is 2.35. The summed E-state index contributed by atoms with van der Waals surface area (Å²) in [6.45, 7) is 0. The van der Waals surface area contributed by atoms with Crippen LogP contribution in [0.15, 0.2) is 20.4 Å².